The lowest BCUT2D eigenvalue weighted by Crippen LogP contribution is -2.38. The highest BCUT2D eigenvalue weighted by Crippen LogP contribution is 2.27. The Hall–Kier alpha value is -3.10. The summed E-state index contributed by atoms with van der Waals surface area (Å²) in [6.45, 7) is 3.70. The molecule has 0 aliphatic heterocycles. The highest BCUT2D eigenvalue weighted by Gasteiger charge is 2.18. The first-order valence-corrected chi connectivity index (χ1v) is 9.92. The molecule has 1 aliphatic rings. The maximum Gasteiger partial charge on any atom is 0.306 e. The minimum absolute atomic E-state index is 0.0123. The smallest absolute Gasteiger partial charge is 0.306 e. The summed E-state index contributed by atoms with van der Waals surface area (Å²) < 4.78 is 7.78. The molecule has 2 aromatic rings. The molecule has 9 nitrogen and oxygen atoms in total. The lowest BCUT2D eigenvalue weighted by Gasteiger charge is -2.18. The third kappa shape index (κ3) is 5.94. The van der Waals surface area contributed by atoms with E-state index < -0.39 is 4.92 Å². The average molecular weight is 400 g/mol. The number of aliphatic imine (C=N–C) groups is 1. The molecule has 0 bridgehead atoms. The largest absolute Gasteiger partial charge is 0.490 e. The van der Waals surface area contributed by atoms with Gasteiger partial charge in [0.1, 0.15) is 18.1 Å². The molecule has 1 aromatic heterocycles. The monoisotopic (exact) mass is 400 g/mol. The summed E-state index contributed by atoms with van der Waals surface area (Å²) in [5, 5.41) is 21.2. The van der Waals surface area contributed by atoms with Crippen molar-refractivity contribution in [1.29, 1.82) is 0 Å². The zero-order valence-corrected chi connectivity index (χ0v) is 16.9. The van der Waals surface area contributed by atoms with E-state index in [4.69, 9.17) is 4.74 Å². The van der Waals surface area contributed by atoms with E-state index in [0.717, 1.165) is 24.2 Å². The lowest BCUT2D eigenvalue weighted by atomic mass is 10.1. The second-order valence-corrected chi connectivity index (χ2v) is 7.21. The Kier molecular flexibility index (Phi) is 7.04. The molecular formula is C20H28N6O3. The minimum atomic E-state index is -0.454. The van der Waals surface area contributed by atoms with Gasteiger partial charge in [-0.15, -0.1) is 0 Å². The van der Waals surface area contributed by atoms with Gasteiger partial charge in [0.05, 0.1) is 17.6 Å². The van der Waals surface area contributed by atoms with E-state index in [9.17, 15) is 10.1 Å². The van der Waals surface area contributed by atoms with Gasteiger partial charge in [0.25, 0.3) is 0 Å². The van der Waals surface area contributed by atoms with Gasteiger partial charge in [-0.2, -0.15) is 5.10 Å². The molecular weight excluding hydrogens is 372 g/mol. The number of guanidine groups is 1. The number of aryl methyl sites for hydroxylation is 1. The summed E-state index contributed by atoms with van der Waals surface area (Å²) >= 11 is 0. The molecule has 0 unspecified atom stereocenters. The van der Waals surface area contributed by atoms with Crippen LogP contribution >= 0.6 is 0 Å². The molecule has 9 heteroatoms. The fourth-order valence-corrected chi connectivity index (χ4v) is 3.36. The minimum Gasteiger partial charge on any atom is -0.490 e. The van der Waals surface area contributed by atoms with Crippen molar-refractivity contribution in [3.05, 3.63) is 51.8 Å². The Bertz CT molecular complexity index is 858. The molecule has 29 heavy (non-hydrogen) atoms. The van der Waals surface area contributed by atoms with E-state index in [-0.39, 0.29) is 5.69 Å². The number of hydrogen-bond donors (Lipinski definition) is 2. The molecule has 2 N–H and O–H groups in total. The Morgan fingerprint density at radius 2 is 2.17 bits per heavy atom. The number of nitro groups is 1. The molecule has 156 valence electrons. The van der Waals surface area contributed by atoms with Gasteiger partial charge < -0.3 is 15.4 Å². The number of hydrogen-bond acceptors (Lipinski definition) is 5. The summed E-state index contributed by atoms with van der Waals surface area (Å²) in [4.78, 5) is 14.5. The summed E-state index contributed by atoms with van der Waals surface area (Å²) in [5.41, 5.74) is 2.26. The third-order valence-electron chi connectivity index (χ3n) is 4.95. The van der Waals surface area contributed by atoms with Gasteiger partial charge in [-0.05, 0) is 44.2 Å². The maximum atomic E-state index is 10.7. The Balaban J connectivity index is 1.51. The molecule has 1 saturated carbocycles. The SMILES string of the molecule is CN=C(NCCn1cc([N+](=O)[O-])cn1)NCc1ccc(C)cc1OC1CCCC1. The van der Waals surface area contributed by atoms with Gasteiger partial charge >= 0.3 is 5.69 Å². The number of rotatable bonds is 8. The fraction of sp³-hybridized carbons (Fsp3) is 0.500. The van der Waals surface area contributed by atoms with Gasteiger partial charge in [0, 0.05) is 25.7 Å². The number of aromatic nitrogens is 2. The van der Waals surface area contributed by atoms with Crippen LogP contribution in [0.5, 0.6) is 5.75 Å². The number of nitrogens with zero attached hydrogens (tertiary/aromatic N) is 4. The van der Waals surface area contributed by atoms with Crippen LogP contribution in [0.2, 0.25) is 0 Å². The molecule has 0 amide bonds. The Morgan fingerprint density at radius 1 is 1.38 bits per heavy atom. The van der Waals surface area contributed by atoms with Gasteiger partial charge in [-0.3, -0.25) is 19.8 Å². The predicted octanol–water partition coefficient (Wildman–Crippen LogP) is 2.79. The van der Waals surface area contributed by atoms with E-state index in [1.165, 1.54) is 35.5 Å². The average Bonchev–Trinajstić information content (AvgIpc) is 3.38. The van der Waals surface area contributed by atoms with Crippen LogP contribution in [-0.4, -0.2) is 40.4 Å². The van der Waals surface area contributed by atoms with Crippen LogP contribution in [-0.2, 0) is 13.1 Å². The topological polar surface area (TPSA) is 107 Å². The van der Waals surface area contributed by atoms with E-state index in [1.54, 1.807) is 7.05 Å². The van der Waals surface area contributed by atoms with E-state index in [1.807, 2.05) is 0 Å². The number of benzene rings is 1. The van der Waals surface area contributed by atoms with Crippen molar-refractivity contribution in [2.75, 3.05) is 13.6 Å². The van der Waals surface area contributed by atoms with Crippen LogP contribution in [0.1, 0.15) is 36.8 Å². The van der Waals surface area contributed by atoms with Crippen molar-refractivity contribution in [3.8, 4) is 5.75 Å². The lowest BCUT2D eigenvalue weighted by molar-refractivity contribution is -0.385. The predicted molar refractivity (Wildman–Crippen MR) is 111 cm³/mol. The quantitative estimate of drug-likeness (QED) is 0.305. The second kappa shape index (κ2) is 9.90. The van der Waals surface area contributed by atoms with Gasteiger partial charge in [-0.25, -0.2) is 0 Å². The van der Waals surface area contributed by atoms with Crippen LogP contribution in [0, 0.1) is 17.0 Å². The van der Waals surface area contributed by atoms with Crippen molar-refractivity contribution >= 4 is 11.6 Å². The van der Waals surface area contributed by atoms with Crippen molar-refractivity contribution in [3.63, 3.8) is 0 Å². The molecule has 0 spiro atoms. The molecule has 0 saturated heterocycles. The standard InChI is InChI=1S/C20H28N6O3/c1-15-7-8-16(19(11-15)29-18-5-3-4-6-18)12-23-20(21-2)22-9-10-25-14-17(13-24-25)26(27)28/h7-8,11,13-14,18H,3-6,9-10,12H2,1-2H3,(H2,21,22,23). The van der Waals surface area contributed by atoms with Crippen LogP contribution in [0.25, 0.3) is 0 Å². The highest BCUT2D eigenvalue weighted by molar-refractivity contribution is 5.79. The van der Waals surface area contributed by atoms with Gasteiger partial charge in [-0.1, -0.05) is 12.1 Å². The van der Waals surface area contributed by atoms with E-state index in [0.29, 0.717) is 31.7 Å². The Labute approximate surface area is 170 Å². The maximum absolute atomic E-state index is 10.7. The molecule has 1 fully saturated rings. The summed E-state index contributed by atoms with van der Waals surface area (Å²) in [7, 11) is 1.71. The number of ether oxygens (including phenoxy) is 1. The summed E-state index contributed by atoms with van der Waals surface area (Å²) in [6.07, 6.45) is 7.68. The van der Waals surface area contributed by atoms with Crippen LogP contribution in [0.4, 0.5) is 5.69 Å². The second-order valence-electron chi connectivity index (χ2n) is 7.21. The van der Waals surface area contributed by atoms with Crippen molar-refractivity contribution in [2.45, 2.75) is 51.8 Å². The van der Waals surface area contributed by atoms with Gasteiger partial charge in [0.15, 0.2) is 5.96 Å². The molecule has 1 heterocycles. The summed E-state index contributed by atoms with van der Waals surface area (Å²) in [6, 6.07) is 6.26. The highest BCUT2D eigenvalue weighted by atomic mass is 16.6. The first-order chi connectivity index (χ1) is 14.0. The number of nitrogens with one attached hydrogen (secondary N) is 2. The van der Waals surface area contributed by atoms with Crippen LogP contribution in [0.3, 0.4) is 0 Å². The van der Waals surface area contributed by atoms with Crippen LogP contribution < -0.4 is 15.4 Å². The first kappa shape index (κ1) is 20.6. The zero-order valence-electron chi connectivity index (χ0n) is 16.9. The molecule has 0 radical (unpaired) electrons. The third-order valence-corrected chi connectivity index (χ3v) is 4.95. The van der Waals surface area contributed by atoms with Gasteiger partial charge in [0.2, 0.25) is 0 Å². The molecule has 3 rings (SSSR count). The Morgan fingerprint density at radius 3 is 2.86 bits per heavy atom. The normalized spacial score (nSPS) is 14.8. The molecule has 1 aliphatic carbocycles. The van der Waals surface area contributed by atoms with Crippen molar-refractivity contribution < 1.29 is 9.66 Å². The fourth-order valence-electron chi connectivity index (χ4n) is 3.36. The first-order valence-electron chi connectivity index (χ1n) is 9.92. The summed E-state index contributed by atoms with van der Waals surface area (Å²) in [5.74, 6) is 1.59. The van der Waals surface area contributed by atoms with Crippen molar-refractivity contribution in [2.24, 2.45) is 4.99 Å². The van der Waals surface area contributed by atoms with E-state index in [2.05, 4.69) is 45.8 Å². The van der Waals surface area contributed by atoms with E-state index >= 15 is 0 Å². The van der Waals surface area contributed by atoms with Crippen LogP contribution in [0.15, 0.2) is 35.6 Å². The van der Waals surface area contributed by atoms with Crippen molar-refractivity contribution in [1.82, 2.24) is 20.4 Å². The molecule has 1 aromatic carbocycles. The molecule has 0 atom stereocenters. The zero-order chi connectivity index (χ0) is 20.6.